The van der Waals surface area contributed by atoms with Crippen LogP contribution >= 0.6 is 0 Å². The minimum Gasteiger partial charge on any atom is -0.497 e. The molecule has 2 aromatic carbocycles. The first-order valence-corrected chi connectivity index (χ1v) is 11.2. The van der Waals surface area contributed by atoms with Crippen LogP contribution in [0.5, 0.6) is 5.75 Å². The summed E-state index contributed by atoms with van der Waals surface area (Å²) in [4.78, 5) is 18.6. The Labute approximate surface area is 181 Å². The fourth-order valence-corrected chi connectivity index (χ4v) is 3.58. The van der Waals surface area contributed by atoms with Crippen LogP contribution in [0.3, 0.4) is 0 Å². The summed E-state index contributed by atoms with van der Waals surface area (Å²) in [7, 11) is 1.29. The molecule has 1 amide bonds. The first kappa shape index (κ1) is 22.3. The van der Waals surface area contributed by atoms with E-state index >= 15 is 0 Å². The van der Waals surface area contributed by atoms with E-state index in [1.54, 1.807) is 45.3 Å². The SMILES string of the molecule is COc1cccc(-c2noc(CN(C)C(=O)c3ccc(N(C)S(C)(=O)=O)c(C)c3)n2)c1. The smallest absolute Gasteiger partial charge is 0.254 e. The predicted octanol–water partition coefficient (Wildman–Crippen LogP) is 2.72. The Bertz CT molecular complexity index is 1210. The van der Waals surface area contributed by atoms with Gasteiger partial charge in [0, 0.05) is 25.2 Å². The van der Waals surface area contributed by atoms with E-state index in [9.17, 15) is 13.2 Å². The molecular weight excluding hydrogens is 420 g/mol. The fraction of sp³-hybridized carbons (Fsp3) is 0.286. The topological polar surface area (TPSA) is 106 Å². The van der Waals surface area contributed by atoms with Crippen LogP contribution in [0.2, 0.25) is 0 Å². The second-order valence-corrected chi connectivity index (χ2v) is 9.15. The van der Waals surface area contributed by atoms with Crippen LogP contribution in [0.25, 0.3) is 11.4 Å². The van der Waals surface area contributed by atoms with Gasteiger partial charge in [-0.1, -0.05) is 17.3 Å². The maximum Gasteiger partial charge on any atom is 0.254 e. The number of amides is 1. The van der Waals surface area contributed by atoms with Gasteiger partial charge in [0.25, 0.3) is 5.91 Å². The molecule has 164 valence electrons. The van der Waals surface area contributed by atoms with Gasteiger partial charge in [-0.15, -0.1) is 0 Å². The highest BCUT2D eigenvalue weighted by Crippen LogP contribution is 2.24. The second-order valence-electron chi connectivity index (χ2n) is 7.14. The van der Waals surface area contributed by atoms with E-state index < -0.39 is 10.0 Å². The number of benzene rings is 2. The highest BCUT2D eigenvalue weighted by atomic mass is 32.2. The lowest BCUT2D eigenvalue weighted by atomic mass is 10.1. The maximum absolute atomic E-state index is 12.8. The number of hydrogen-bond acceptors (Lipinski definition) is 7. The van der Waals surface area contributed by atoms with Crippen molar-refractivity contribution in [2.45, 2.75) is 13.5 Å². The summed E-state index contributed by atoms with van der Waals surface area (Å²) in [5, 5.41) is 3.97. The maximum atomic E-state index is 12.8. The summed E-state index contributed by atoms with van der Waals surface area (Å²) in [6.07, 6.45) is 1.13. The summed E-state index contributed by atoms with van der Waals surface area (Å²) in [6.45, 7) is 1.88. The lowest BCUT2D eigenvalue weighted by molar-refractivity contribution is 0.0769. The molecular formula is C21H24N4O5S. The highest BCUT2D eigenvalue weighted by Gasteiger charge is 2.19. The number of anilines is 1. The van der Waals surface area contributed by atoms with E-state index in [0.717, 1.165) is 11.8 Å². The summed E-state index contributed by atoms with van der Waals surface area (Å²) in [5.41, 5.74) is 2.36. The molecule has 0 spiro atoms. The van der Waals surface area contributed by atoms with Crippen molar-refractivity contribution in [3.63, 3.8) is 0 Å². The fourth-order valence-electron chi connectivity index (χ4n) is 3.01. The summed E-state index contributed by atoms with van der Waals surface area (Å²) >= 11 is 0. The van der Waals surface area contributed by atoms with E-state index in [4.69, 9.17) is 9.26 Å². The van der Waals surface area contributed by atoms with Gasteiger partial charge in [0.15, 0.2) is 0 Å². The largest absolute Gasteiger partial charge is 0.497 e. The van der Waals surface area contributed by atoms with Crippen molar-refractivity contribution in [3.8, 4) is 17.1 Å². The number of carbonyl (C=O) groups excluding carboxylic acids is 1. The number of methoxy groups -OCH3 is 1. The summed E-state index contributed by atoms with van der Waals surface area (Å²) < 4.78 is 35.2. The molecule has 0 aliphatic rings. The predicted molar refractivity (Wildman–Crippen MR) is 117 cm³/mol. The van der Waals surface area contributed by atoms with Crippen LogP contribution in [0.4, 0.5) is 5.69 Å². The van der Waals surface area contributed by atoms with Gasteiger partial charge >= 0.3 is 0 Å². The third kappa shape index (κ3) is 5.02. The monoisotopic (exact) mass is 444 g/mol. The molecule has 0 atom stereocenters. The first-order valence-electron chi connectivity index (χ1n) is 9.37. The van der Waals surface area contributed by atoms with E-state index in [-0.39, 0.29) is 12.5 Å². The van der Waals surface area contributed by atoms with Gasteiger partial charge < -0.3 is 14.2 Å². The van der Waals surface area contributed by atoms with Crippen molar-refractivity contribution in [1.82, 2.24) is 15.0 Å². The lowest BCUT2D eigenvalue weighted by Gasteiger charge is -2.20. The van der Waals surface area contributed by atoms with Crippen LogP contribution in [0.15, 0.2) is 47.0 Å². The minimum atomic E-state index is -3.39. The number of nitrogens with zero attached hydrogens (tertiary/aromatic N) is 4. The van der Waals surface area contributed by atoms with Gasteiger partial charge in [-0.25, -0.2) is 8.42 Å². The van der Waals surface area contributed by atoms with Crippen molar-refractivity contribution < 1.29 is 22.5 Å². The van der Waals surface area contributed by atoms with Crippen molar-refractivity contribution in [2.75, 3.05) is 31.8 Å². The summed E-state index contributed by atoms with van der Waals surface area (Å²) in [6, 6.07) is 12.1. The number of aryl methyl sites for hydroxylation is 1. The third-order valence-electron chi connectivity index (χ3n) is 4.80. The zero-order valence-electron chi connectivity index (χ0n) is 18.0. The van der Waals surface area contributed by atoms with Crippen molar-refractivity contribution in [1.29, 1.82) is 0 Å². The molecule has 3 aromatic rings. The molecule has 0 aliphatic carbocycles. The Balaban J connectivity index is 1.74. The average molecular weight is 445 g/mol. The minimum absolute atomic E-state index is 0.125. The average Bonchev–Trinajstić information content (AvgIpc) is 3.20. The second kappa shape index (κ2) is 8.76. The Kier molecular flexibility index (Phi) is 6.30. The van der Waals surface area contributed by atoms with Crippen molar-refractivity contribution >= 4 is 21.6 Å². The van der Waals surface area contributed by atoms with Gasteiger partial charge in [0.1, 0.15) is 5.75 Å². The molecule has 3 rings (SSSR count). The number of carbonyl (C=O) groups is 1. The van der Waals surface area contributed by atoms with Gasteiger partial charge in [-0.05, 0) is 42.8 Å². The molecule has 0 saturated carbocycles. The number of hydrogen-bond donors (Lipinski definition) is 0. The standard InChI is InChI=1S/C21H24N4O5S/c1-14-11-16(9-10-18(14)25(3)31(5,27)28)21(26)24(2)13-19-22-20(23-30-19)15-7-6-8-17(12-15)29-4/h6-12H,13H2,1-5H3. The highest BCUT2D eigenvalue weighted by molar-refractivity contribution is 7.92. The van der Waals surface area contributed by atoms with E-state index in [1.165, 1.54) is 16.3 Å². The van der Waals surface area contributed by atoms with Gasteiger partial charge in [0.05, 0.1) is 25.6 Å². The van der Waals surface area contributed by atoms with Crippen LogP contribution in [-0.4, -0.2) is 56.8 Å². The molecule has 10 heteroatoms. The zero-order chi connectivity index (χ0) is 22.8. The van der Waals surface area contributed by atoms with E-state index in [1.807, 2.05) is 18.2 Å². The van der Waals surface area contributed by atoms with Crippen LogP contribution < -0.4 is 9.04 Å². The number of rotatable bonds is 7. The molecule has 0 bridgehead atoms. The number of aromatic nitrogens is 2. The number of ether oxygens (including phenoxy) is 1. The number of sulfonamides is 1. The van der Waals surface area contributed by atoms with Gasteiger partial charge in [-0.3, -0.25) is 9.10 Å². The molecule has 0 saturated heterocycles. The molecule has 0 N–H and O–H groups in total. The lowest BCUT2D eigenvalue weighted by Crippen LogP contribution is -2.27. The third-order valence-corrected chi connectivity index (χ3v) is 5.99. The molecule has 9 nitrogen and oxygen atoms in total. The first-order chi connectivity index (χ1) is 14.6. The molecule has 0 aliphatic heterocycles. The van der Waals surface area contributed by atoms with Crippen molar-refractivity contribution in [3.05, 3.63) is 59.5 Å². The Hall–Kier alpha value is -3.40. The van der Waals surface area contributed by atoms with E-state index in [2.05, 4.69) is 10.1 Å². The molecule has 0 fully saturated rings. The summed E-state index contributed by atoms with van der Waals surface area (Å²) in [5.74, 6) is 1.12. The van der Waals surface area contributed by atoms with Crippen LogP contribution in [0.1, 0.15) is 21.8 Å². The molecule has 1 aromatic heterocycles. The zero-order valence-corrected chi connectivity index (χ0v) is 18.8. The Morgan fingerprint density at radius 1 is 1.16 bits per heavy atom. The van der Waals surface area contributed by atoms with Gasteiger partial charge in [-0.2, -0.15) is 4.98 Å². The van der Waals surface area contributed by atoms with Crippen molar-refractivity contribution in [2.24, 2.45) is 0 Å². The Morgan fingerprint density at radius 2 is 1.90 bits per heavy atom. The Morgan fingerprint density at radius 3 is 2.55 bits per heavy atom. The quantitative estimate of drug-likeness (QED) is 0.552. The van der Waals surface area contributed by atoms with Crippen LogP contribution in [-0.2, 0) is 16.6 Å². The molecule has 0 unspecified atom stereocenters. The molecule has 0 radical (unpaired) electrons. The normalized spacial score (nSPS) is 11.3. The van der Waals surface area contributed by atoms with Gasteiger partial charge in [0.2, 0.25) is 21.7 Å². The van der Waals surface area contributed by atoms with E-state index in [0.29, 0.717) is 34.3 Å². The molecule has 1 heterocycles. The molecule has 31 heavy (non-hydrogen) atoms. The van der Waals surface area contributed by atoms with Crippen LogP contribution in [0, 0.1) is 6.92 Å².